The molecule has 1 aromatic carbocycles. The van der Waals surface area contributed by atoms with Crippen molar-refractivity contribution < 1.29 is 4.52 Å². The van der Waals surface area contributed by atoms with Gasteiger partial charge in [-0.1, -0.05) is 23.4 Å². The maximum atomic E-state index is 13.0. The Balaban J connectivity index is 1.90. The molecule has 0 unspecified atom stereocenters. The van der Waals surface area contributed by atoms with Gasteiger partial charge in [0, 0.05) is 31.4 Å². The lowest BCUT2D eigenvalue weighted by molar-refractivity contribution is 0.313. The Morgan fingerprint density at radius 1 is 1.08 bits per heavy atom. The fourth-order valence-corrected chi connectivity index (χ4v) is 3.13. The maximum absolute atomic E-state index is 13.0. The van der Waals surface area contributed by atoms with Gasteiger partial charge >= 0.3 is 0 Å². The van der Waals surface area contributed by atoms with Gasteiger partial charge in [0.25, 0.3) is 5.56 Å². The highest BCUT2D eigenvalue weighted by atomic mass is 16.5. The Hall–Kier alpha value is -2.60. The van der Waals surface area contributed by atoms with Crippen LogP contribution in [0.2, 0.25) is 0 Å². The smallest absolute Gasteiger partial charge is 0.276 e. The summed E-state index contributed by atoms with van der Waals surface area (Å²) in [5.41, 5.74) is 4.66. The van der Waals surface area contributed by atoms with E-state index in [1.54, 1.807) is 4.68 Å². The molecule has 0 atom stereocenters. The van der Waals surface area contributed by atoms with E-state index in [0.717, 1.165) is 34.0 Å². The molecule has 0 saturated heterocycles. The summed E-state index contributed by atoms with van der Waals surface area (Å²) in [6.45, 7) is 7.11. The lowest BCUT2D eigenvalue weighted by Gasteiger charge is -2.15. The molecule has 0 aliphatic carbocycles. The van der Waals surface area contributed by atoms with Gasteiger partial charge in [0.1, 0.15) is 5.76 Å². The summed E-state index contributed by atoms with van der Waals surface area (Å²) in [5.74, 6) is 0.829. The molecule has 0 amide bonds. The van der Waals surface area contributed by atoms with Crippen molar-refractivity contribution in [3.05, 3.63) is 69.0 Å². The first-order chi connectivity index (χ1) is 11.9. The zero-order valence-corrected chi connectivity index (χ0v) is 15.4. The number of aromatic nitrogens is 3. The number of nitrogens with zero attached hydrogens (tertiary/aromatic N) is 4. The first-order valence-electron chi connectivity index (χ1n) is 8.33. The number of benzene rings is 1. The second-order valence-corrected chi connectivity index (χ2v) is 6.52. The highest BCUT2D eigenvalue weighted by Gasteiger charge is 2.19. The van der Waals surface area contributed by atoms with Crippen molar-refractivity contribution >= 4 is 0 Å². The van der Waals surface area contributed by atoms with Gasteiger partial charge in [0.15, 0.2) is 0 Å². The van der Waals surface area contributed by atoms with Crippen LogP contribution in [0.15, 0.2) is 39.6 Å². The van der Waals surface area contributed by atoms with Crippen molar-refractivity contribution in [2.75, 3.05) is 7.05 Å². The lowest BCUT2D eigenvalue weighted by atomic mass is 10.2. The molecule has 132 valence electrons. The van der Waals surface area contributed by atoms with Crippen molar-refractivity contribution in [3.8, 4) is 5.69 Å². The Bertz CT molecular complexity index is 915. The van der Waals surface area contributed by atoms with E-state index in [0.29, 0.717) is 13.1 Å². The van der Waals surface area contributed by atoms with Crippen LogP contribution in [-0.4, -0.2) is 26.5 Å². The van der Waals surface area contributed by atoms with Crippen LogP contribution in [0, 0.1) is 20.8 Å². The number of hydrogen-bond acceptors (Lipinski definition) is 4. The predicted molar refractivity (Wildman–Crippen MR) is 96.9 cm³/mol. The van der Waals surface area contributed by atoms with Crippen molar-refractivity contribution in [3.63, 3.8) is 0 Å². The molecule has 0 N–H and O–H groups in total. The molecule has 3 aromatic rings. The van der Waals surface area contributed by atoms with Crippen LogP contribution >= 0.6 is 0 Å². The predicted octanol–water partition coefficient (Wildman–Crippen LogP) is 2.72. The van der Waals surface area contributed by atoms with Gasteiger partial charge in [-0.15, -0.1) is 0 Å². The topological polar surface area (TPSA) is 56.2 Å². The van der Waals surface area contributed by atoms with E-state index in [2.05, 4.69) is 10.1 Å². The molecule has 2 aromatic heterocycles. The van der Waals surface area contributed by atoms with E-state index in [1.807, 2.05) is 69.9 Å². The van der Waals surface area contributed by atoms with Crippen LogP contribution in [-0.2, 0) is 20.1 Å². The van der Waals surface area contributed by atoms with Crippen molar-refractivity contribution in [1.82, 2.24) is 19.4 Å². The fraction of sp³-hybridized carbons (Fsp3) is 0.368. The van der Waals surface area contributed by atoms with Gasteiger partial charge in [-0.25, -0.2) is 4.68 Å². The van der Waals surface area contributed by atoms with Crippen LogP contribution in [0.5, 0.6) is 0 Å². The summed E-state index contributed by atoms with van der Waals surface area (Å²) >= 11 is 0. The lowest BCUT2D eigenvalue weighted by Crippen LogP contribution is -2.25. The quantitative estimate of drug-likeness (QED) is 0.717. The Kier molecular flexibility index (Phi) is 4.63. The molecule has 0 radical (unpaired) electrons. The highest BCUT2D eigenvalue weighted by Crippen LogP contribution is 2.17. The van der Waals surface area contributed by atoms with Gasteiger partial charge in [-0.05, 0) is 40.0 Å². The summed E-state index contributed by atoms with van der Waals surface area (Å²) in [6, 6.07) is 9.71. The van der Waals surface area contributed by atoms with Crippen molar-refractivity contribution in [1.29, 1.82) is 0 Å². The SMILES string of the molecule is Cc1noc(C)c1CN(C)Cc1c(C)n(C)n(-c2ccccc2)c1=O. The molecule has 25 heavy (non-hydrogen) atoms. The minimum absolute atomic E-state index is 0.0248. The molecule has 0 bridgehead atoms. The summed E-state index contributed by atoms with van der Waals surface area (Å²) in [5, 5.41) is 4.00. The van der Waals surface area contributed by atoms with Gasteiger partial charge in [0.05, 0.1) is 16.9 Å². The average molecular weight is 340 g/mol. The number of para-hydroxylation sites is 1. The molecular formula is C19H24N4O2. The monoisotopic (exact) mass is 340 g/mol. The first-order valence-corrected chi connectivity index (χ1v) is 8.33. The van der Waals surface area contributed by atoms with E-state index >= 15 is 0 Å². The number of rotatable bonds is 5. The number of aryl methyl sites for hydroxylation is 2. The Morgan fingerprint density at radius 2 is 1.72 bits per heavy atom. The summed E-state index contributed by atoms with van der Waals surface area (Å²) in [6.07, 6.45) is 0. The summed E-state index contributed by atoms with van der Waals surface area (Å²) in [4.78, 5) is 15.1. The summed E-state index contributed by atoms with van der Waals surface area (Å²) in [7, 11) is 3.92. The first kappa shape index (κ1) is 17.2. The van der Waals surface area contributed by atoms with Crippen LogP contribution in [0.3, 0.4) is 0 Å². The minimum atomic E-state index is 0.0248. The molecule has 0 fully saturated rings. The molecular weight excluding hydrogens is 316 g/mol. The molecule has 0 aliphatic rings. The van der Waals surface area contributed by atoms with Gasteiger partial charge < -0.3 is 4.52 Å². The zero-order chi connectivity index (χ0) is 18.1. The van der Waals surface area contributed by atoms with E-state index in [1.165, 1.54) is 0 Å². The van der Waals surface area contributed by atoms with Crippen LogP contribution in [0.1, 0.15) is 28.3 Å². The number of hydrogen-bond donors (Lipinski definition) is 0. The minimum Gasteiger partial charge on any atom is -0.361 e. The molecule has 6 heteroatoms. The average Bonchev–Trinajstić information content (AvgIpc) is 3.01. The Morgan fingerprint density at radius 3 is 2.32 bits per heavy atom. The van der Waals surface area contributed by atoms with Crippen LogP contribution < -0.4 is 5.56 Å². The second-order valence-electron chi connectivity index (χ2n) is 6.52. The van der Waals surface area contributed by atoms with Crippen LogP contribution in [0.25, 0.3) is 5.69 Å². The maximum Gasteiger partial charge on any atom is 0.276 e. The van der Waals surface area contributed by atoms with Gasteiger partial charge in [-0.3, -0.25) is 14.4 Å². The molecule has 2 heterocycles. The van der Waals surface area contributed by atoms with Crippen LogP contribution in [0.4, 0.5) is 0 Å². The fourth-order valence-electron chi connectivity index (χ4n) is 3.13. The van der Waals surface area contributed by atoms with E-state index < -0.39 is 0 Å². The molecule has 3 rings (SSSR count). The second kappa shape index (κ2) is 6.72. The standard InChI is InChI=1S/C19H24N4O2/c1-13-17(15(3)25-20-13)11-21(4)12-18-14(2)22(5)23(19(18)24)16-9-7-6-8-10-16/h6-10H,11-12H2,1-5H3. The summed E-state index contributed by atoms with van der Waals surface area (Å²) < 4.78 is 8.86. The molecule has 0 aliphatic heterocycles. The van der Waals surface area contributed by atoms with Crippen molar-refractivity contribution in [2.24, 2.45) is 7.05 Å². The third-order valence-corrected chi connectivity index (χ3v) is 4.71. The van der Waals surface area contributed by atoms with E-state index in [4.69, 9.17) is 4.52 Å². The Labute approximate surface area is 147 Å². The normalized spacial score (nSPS) is 11.4. The van der Waals surface area contributed by atoms with E-state index in [9.17, 15) is 4.79 Å². The molecule has 0 spiro atoms. The van der Waals surface area contributed by atoms with E-state index in [-0.39, 0.29) is 5.56 Å². The van der Waals surface area contributed by atoms with Gasteiger partial charge in [0.2, 0.25) is 0 Å². The third-order valence-electron chi connectivity index (χ3n) is 4.71. The molecule has 0 saturated carbocycles. The van der Waals surface area contributed by atoms with Gasteiger partial charge in [-0.2, -0.15) is 0 Å². The highest BCUT2D eigenvalue weighted by molar-refractivity contribution is 5.33. The zero-order valence-electron chi connectivity index (χ0n) is 15.4. The largest absolute Gasteiger partial charge is 0.361 e. The van der Waals surface area contributed by atoms with Crippen molar-refractivity contribution in [2.45, 2.75) is 33.9 Å². The third kappa shape index (κ3) is 3.17. The molecule has 6 nitrogen and oxygen atoms in total.